The molecule has 2 amide bonds. The molecule has 2 aromatic rings. The zero-order valence-electron chi connectivity index (χ0n) is 15.5. The van der Waals surface area contributed by atoms with Crippen molar-refractivity contribution in [1.29, 1.82) is 5.26 Å². The van der Waals surface area contributed by atoms with Crippen molar-refractivity contribution in [3.63, 3.8) is 0 Å². The Labute approximate surface area is 162 Å². The molecule has 2 aliphatic rings. The normalized spacial score (nSPS) is 23.6. The summed E-state index contributed by atoms with van der Waals surface area (Å²) in [6.07, 6.45) is 4.36. The molecule has 8 nitrogen and oxygen atoms in total. The lowest BCUT2D eigenvalue weighted by Gasteiger charge is -2.26. The molecule has 0 radical (unpaired) electrons. The van der Waals surface area contributed by atoms with Crippen LogP contribution in [0.5, 0.6) is 0 Å². The van der Waals surface area contributed by atoms with Gasteiger partial charge in [0.25, 0.3) is 5.91 Å². The van der Waals surface area contributed by atoms with Crippen LogP contribution in [0.1, 0.15) is 36.5 Å². The van der Waals surface area contributed by atoms with Crippen LogP contribution in [0.25, 0.3) is 10.9 Å². The first-order valence-corrected chi connectivity index (χ1v) is 10.9. The minimum Gasteiger partial charge on any atom is -0.340 e. The average Bonchev–Trinajstić information content (AvgIpc) is 3.19. The van der Waals surface area contributed by atoms with Crippen molar-refractivity contribution in [3.8, 4) is 6.07 Å². The number of amides is 2. The van der Waals surface area contributed by atoms with E-state index in [0.29, 0.717) is 35.7 Å². The third-order valence-corrected chi connectivity index (χ3v) is 6.56. The molecule has 146 valence electrons. The van der Waals surface area contributed by atoms with Crippen molar-refractivity contribution in [2.45, 2.75) is 43.8 Å². The van der Waals surface area contributed by atoms with Gasteiger partial charge < -0.3 is 10.2 Å². The molecule has 0 bridgehead atoms. The Bertz CT molecular complexity index is 1140. The number of likely N-dealkylation sites (tertiary alicyclic amines) is 1. The smallest absolute Gasteiger partial charge is 0.251 e. The summed E-state index contributed by atoms with van der Waals surface area (Å²) in [5.41, 5.74) is 0.128. The van der Waals surface area contributed by atoms with Crippen LogP contribution in [0.4, 0.5) is 0 Å². The molecule has 9 heteroatoms. The Morgan fingerprint density at radius 2 is 2.04 bits per heavy atom. The fourth-order valence-corrected chi connectivity index (χ4v) is 4.81. The quantitative estimate of drug-likeness (QED) is 0.829. The average molecular weight is 400 g/mol. The zero-order chi connectivity index (χ0) is 20.3. The number of nitrogens with zero attached hydrogens (tertiary/aromatic N) is 3. The summed E-state index contributed by atoms with van der Waals surface area (Å²) in [5, 5.41) is 12.8. The van der Waals surface area contributed by atoms with Crippen LogP contribution < -0.4 is 5.32 Å². The minimum atomic E-state index is -3.43. The van der Waals surface area contributed by atoms with Gasteiger partial charge in [-0.25, -0.2) is 12.4 Å². The summed E-state index contributed by atoms with van der Waals surface area (Å²) < 4.78 is 24.7. The highest BCUT2D eigenvalue weighted by Crippen LogP contribution is 2.45. The van der Waals surface area contributed by atoms with Gasteiger partial charge in [0.05, 0.1) is 17.8 Å². The van der Waals surface area contributed by atoms with Gasteiger partial charge in [-0.15, -0.1) is 0 Å². The van der Waals surface area contributed by atoms with Crippen molar-refractivity contribution in [2.75, 3.05) is 6.26 Å². The Balaban J connectivity index is 1.54. The molecule has 1 aliphatic carbocycles. The van der Waals surface area contributed by atoms with E-state index in [-0.39, 0.29) is 11.9 Å². The van der Waals surface area contributed by atoms with Crippen molar-refractivity contribution < 1.29 is 18.0 Å². The van der Waals surface area contributed by atoms with Crippen LogP contribution in [0.3, 0.4) is 0 Å². The molecule has 2 unspecified atom stereocenters. The van der Waals surface area contributed by atoms with Gasteiger partial charge in [-0.1, -0.05) is 0 Å². The maximum Gasteiger partial charge on any atom is 0.251 e. The monoisotopic (exact) mass is 400 g/mol. The first kappa shape index (κ1) is 18.5. The number of nitrogens with one attached hydrogen (secondary N) is 1. The largest absolute Gasteiger partial charge is 0.340 e. The number of hydrogen-bond donors (Lipinski definition) is 1. The third-order valence-electron chi connectivity index (χ3n) is 5.53. The highest BCUT2D eigenvalue weighted by molar-refractivity contribution is 7.89. The van der Waals surface area contributed by atoms with Gasteiger partial charge in [0.2, 0.25) is 15.9 Å². The number of nitriles is 1. The van der Waals surface area contributed by atoms with E-state index in [1.807, 2.05) is 6.92 Å². The van der Waals surface area contributed by atoms with Gasteiger partial charge >= 0.3 is 0 Å². The Hall–Kier alpha value is -2.86. The van der Waals surface area contributed by atoms with Crippen molar-refractivity contribution in [3.05, 3.63) is 36.0 Å². The SMILES string of the molecule is CC1CC(NC(=O)c2ccc3c(ccn3S(C)(=O)=O)c2)C(=O)N1C1(C#N)CC1. The summed E-state index contributed by atoms with van der Waals surface area (Å²) in [6.45, 7) is 1.89. The zero-order valence-corrected chi connectivity index (χ0v) is 16.4. The van der Waals surface area contributed by atoms with Gasteiger partial charge in [-0.2, -0.15) is 5.26 Å². The van der Waals surface area contributed by atoms with Crippen LogP contribution in [0.15, 0.2) is 30.5 Å². The molecular weight excluding hydrogens is 380 g/mol. The summed E-state index contributed by atoms with van der Waals surface area (Å²) in [6, 6.07) is 7.81. The van der Waals surface area contributed by atoms with E-state index in [4.69, 9.17) is 0 Å². The van der Waals surface area contributed by atoms with E-state index in [2.05, 4.69) is 11.4 Å². The van der Waals surface area contributed by atoms with Gasteiger partial charge in [-0.05, 0) is 50.5 Å². The second-order valence-electron chi connectivity index (χ2n) is 7.61. The third kappa shape index (κ3) is 2.85. The standard InChI is InChI=1S/C19H20N4O4S/c1-12-9-15(18(25)23(12)19(11-20)6-7-19)21-17(24)14-3-4-16-13(10-14)5-8-22(16)28(2,26)27/h3-5,8,10,12,15H,6-7,9H2,1-2H3,(H,21,24). The van der Waals surface area contributed by atoms with E-state index in [1.165, 1.54) is 12.3 Å². The molecule has 1 saturated heterocycles. The fraction of sp³-hybridized carbons (Fsp3) is 0.421. The first-order chi connectivity index (χ1) is 13.2. The second kappa shape index (κ2) is 6.07. The van der Waals surface area contributed by atoms with E-state index in [0.717, 1.165) is 10.2 Å². The molecule has 1 aromatic heterocycles. The Morgan fingerprint density at radius 1 is 1.32 bits per heavy atom. The van der Waals surface area contributed by atoms with Gasteiger partial charge in [-0.3, -0.25) is 9.59 Å². The lowest BCUT2D eigenvalue weighted by atomic mass is 10.1. The number of aromatic nitrogens is 1. The minimum absolute atomic E-state index is 0.105. The van der Waals surface area contributed by atoms with E-state index >= 15 is 0 Å². The molecule has 28 heavy (non-hydrogen) atoms. The number of carbonyl (C=O) groups is 2. The number of carbonyl (C=O) groups excluding carboxylic acids is 2. The number of benzene rings is 1. The Morgan fingerprint density at radius 3 is 2.64 bits per heavy atom. The molecule has 1 aliphatic heterocycles. The highest BCUT2D eigenvalue weighted by Gasteiger charge is 2.56. The van der Waals surface area contributed by atoms with Crippen LogP contribution in [0, 0.1) is 11.3 Å². The molecule has 1 aromatic carbocycles. The van der Waals surface area contributed by atoms with E-state index in [1.54, 1.807) is 23.1 Å². The summed E-state index contributed by atoms with van der Waals surface area (Å²) in [5.74, 6) is -0.618. The van der Waals surface area contributed by atoms with Gasteiger partial charge in [0.15, 0.2) is 0 Å². The molecule has 4 rings (SSSR count). The molecule has 0 spiro atoms. The lowest BCUT2D eigenvalue weighted by molar-refractivity contribution is -0.132. The van der Waals surface area contributed by atoms with Crippen molar-refractivity contribution in [1.82, 2.24) is 14.2 Å². The fourth-order valence-electron chi connectivity index (χ4n) is 4.00. The van der Waals surface area contributed by atoms with Crippen LogP contribution in [-0.2, 0) is 14.8 Å². The van der Waals surface area contributed by atoms with E-state index in [9.17, 15) is 23.3 Å². The van der Waals surface area contributed by atoms with Gasteiger partial charge in [0.1, 0.15) is 11.6 Å². The number of rotatable bonds is 4. The predicted molar refractivity (Wildman–Crippen MR) is 102 cm³/mol. The Kier molecular flexibility index (Phi) is 4.01. The van der Waals surface area contributed by atoms with Crippen molar-refractivity contribution >= 4 is 32.7 Å². The highest BCUT2D eigenvalue weighted by atomic mass is 32.2. The predicted octanol–water partition coefficient (Wildman–Crippen LogP) is 1.22. The molecule has 2 atom stereocenters. The van der Waals surface area contributed by atoms with Crippen LogP contribution in [0.2, 0.25) is 0 Å². The molecule has 2 heterocycles. The summed E-state index contributed by atoms with van der Waals surface area (Å²) >= 11 is 0. The topological polar surface area (TPSA) is 112 Å². The number of fused-ring (bicyclic) bond motifs is 1. The van der Waals surface area contributed by atoms with Crippen LogP contribution >= 0.6 is 0 Å². The second-order valence-corrected chi connectivity index (χ2v) is 9.47. The lowest BCUT2D eigenvalue weighted by Crippen LogP contribution is -2.46. The summed E-state index contributed by atoms with van der Waals surface area (Å²) in [4.78, 5) is 27.0. The molecular formula is C19H20N4O4S. The maximum atomic E-state index is 12.7. The molecule has 1 saturated carbocycles. The van der Waals surface area contributed by atoms with Crippen LogP contribution in [-0.4, -0.2) is 53.0 Å². The summed E-state index contributed by atoms with van der Waals surface area (Å²) in [7, 11) is -3.43. The first-order valence-electron chi connectivity index (χ1n) is 9.03. The number of hydrogen-bond acceptors (Lipinski definition) is 5. The molecule has 2 fully saturated rings. The van der Waals surface area contributed by atoms with Crippen molar-refractivity contribution in [2.24, 2.45) is 0 Å². The van der Waals surface area contributed by atoms with E-state index < -0.39 is 27.5 Å². The maximum absolute atomic E-state index is 12.7. The molecule has 1 N–H and O–H groups in total. The van der Waals surface area contributed by atoms with Gasteiger partial charge in [0, 0.05) is 23.2 Å².